The molecule has 0 aliphatic heterocycles. The van der Waals surface area contributed by atoms with Crippen molar-refractivity contribution in [2.24, 2.45) is 0 Å². The lowest BCUT2D eigenvalue weighted by Gasteiger charge is -2.42. The quantitative estimate of drug-likeness (QED) is 0.604. The van der Waals surface area contributed by atoms with E-state index in [0.717, 1.165) is 6.42 Å². The van der Waals surface area contributed by atoms with Crippen LogP contribution in [-0.2, 0) is 17.3 Å². The van der Waals surface area contributed by atoms with Crippen LogP contribution in [0, 0.1) is 13.0 Å². The fraction of sp³-hybridized carbons (Fsp3) is 0.478. The lowest BCUT2D eigenvalue weighted by molar-refractivity contribution is 0.332. The van der Waals surface area contributed by atoms with Crippen molar-refractivity contribution in [2.75, 3.05) is 0 Å². The van der Waals surface area contributed by atoms with E-state index in [1.807, 2.05) is 0 Å². The molecule has 0 heterocycles. The average molecular weight is 305 g/mol. The van der Waals surface area contributed by atoms with Gasteiger partial charge in [0.15, 0.2) is 0 Å². The van der Waals surface area contributed by atoms with Crippen LogP contribution >= 0.6 is 0 Å². The molecule has 0 fully saturated rings. The molecule has 0 N–H and O–H groups in total. The Kier molecular flexibility index (Phi) is 3.91. The van der Waals surface area contributed by atoms with Gasteiger partial charge >= 0.3 is 0 Å². The van der Waals surface area contributed by atoms with Crippen LogP contribution in [0.1, 0.15) is 69.7 Å². The second-order valence-corrected chi connectivity index (χ2v) is 8.38. The van der Waals surface area contributed by atoms with Crippen LogP contribution in [0.5, 0.6) is 0 Å². The van der Waals surface area contributed by atoms with Gasteiger partial charge in [0.25, 0.3) is 0 Å². The Bertz CT molecular complexity index is 732. The fourth-order valence-electron chi connectivity index (χ4n) is 4.06. The minimum atomic E-state index is 0.267. The summed E-state index contributed by atoms with van der Waals surface area (Å²) in [6, 6.07) is 14.8. The van der Waals surface area contributed by atoms with E-state index < -0.39 is 0 Å². The molecule has 0 atom stereocenters. The second kappa shape index (κ2) is 5.51. The molecule has 0 amide bonds. The van der Waals surface area contributed by atoms with Gasteiger partial charge in [-0.25, -0.2) is 0 Å². The minimum absolute atomic E-state index is 0.267. The second-order valence-electron chi connectivity index (χ2n) is 8.38. The van der Waals surface area contributed by atoms with Gasteiger partial charge in [0, 0.05) is 0 Å². The molecule has 2 aromatic rings. The summed E-state index contributed by atoms with van der Waals surface area (Å²) in [5.74, 6) is 0. The van der Waals surface area contributed by atoms with Crippen molar-refractivity contribution in [3.8, 4) is 11.1 Å². The Hall–Kier alpha value is -1.56. The van der Waals surface area contributed by atoms with E-state index in [1.165, 1.54) is 46.2 Å². The van der Waals surface area contributed by atoms with Crippen LogP contribution < -0.4 is 0 Å². The first kappa shape index (κ1) is 16.3. The van der Waals surface area contributed by atoms with E-state index in [4.69, 9.17) is 0 Å². The molecule has 0 saturated heterocycles. The largest absolute Gasteiger partial charge is 0.0613 e. The molecule has 1 aliphatic rings. The van der Waals surface area contributed by atoms with Crippen molar-refractivity contribution >= 4 is 0 Å². The number of benzene rings is 2. The van der Waals surface area contributed by atoms with Crippen molar-refractivity contribution in [1.82, 2.24) is 0 Å². The Morgan fingerprint density at radius 1 is 0.957 bits per heavy atom. The zero-order valence-electron chi connectivity index (χ0n) is 15.5. The molecule has 121 valence electrons. The molecular weight excluding hydrogens is 276 g/mol. The van der Waals surface area contributed by atoms with E-state index in [2.05, 4.69) is 77.9 Å². The van der Waals surface area contributed by atoms with Gasteiger partial charge in [-0.05, 0) is 76.5 Å². The molecule has 0 bridgehead atoms. The van der Waals surface area contributed by atoms with Crippen molar-refractivity contribution in [3.63, 3.8) is 0 Å². The topological polar surface area (TPSA) is 0 Å². The predicted molar refractivity (Wildman–Crippen MR) is 100 cm³/mol. The zero-order valence-corrected chi connectivity index (χ0v) is 15.5. The number of fused-ring (bicyclic) bond motifs is 1. The van der Waals surface area contributed by atoms with Crippen LogP contribution in [-0.4, -0.2) is 0 Å². The van der Waals surface area contributed by atoms with Crippen LogP contribution in [0.4, 0.5) is 0 Å². The smallest absolute Gasteiger partial charge is 0.0100 e. The van der Waals surface area contributed by atoms with Crippen molar-refractivity contribution in [3.05, 3.63) is 58.7 Å². The summed E-state index contributed by atoms with van der Waals surface area (Å²) in [4.78, 5) is 0. The van der Waals surface area contributed by atoms with E-state index in [1.54, 1.807) is 0 Å². The summed E-state index contributed by atoms with van der Waals surface area (Å²) in [6.45, 7) is 14.0. The van der Waals surface area contributed by atoms with Crippen molar-refractivity contribution in [1.29, 1.82) is 0 Å². The third-order valence-corrected chi connectivity index (χ3v) is 5.88. The van der Waals surface area contributed by atoms with Crippen LogP contribution in [0.15, 0.2) is 30.3 Å². The third-order valence-electron chi connectivity index (χ3n) is 5.88. The first-order valence-corrected chi connectivity index (χ1v) is 8.92. The van der Waals surface area contributed by atoms with Gasteiger partial charge in [0.1, 0.15) is 0 Å². The number of hydrogen-bond donors (Lipinski definition) is 0. The average Bonchev–Trinajstić information content (AvgIpc) is 2.52. The molecule has 0 heteroatoms. The Morgan fingerprint density at radius 3 is 2.26 bits per heavy atom. The highest BCUT2D eigenvalue weighted by atomic mass is 14.4. The van der Waals surface area contributed by atoms with Crippen molar-refractivity contribution in [2.45, 2.75) is 71.6 Å². The molecule has 0 spiro atoms. The lowest BCUT2D eigenvalue weighted by Crippen LogP contribution is -2.33. The summed E-state index contributed by atoms with van der Waals surface area (Å²) >= 11 is 0. The minimum Gasteiger partial charge on any atom is -0.0613 e. The van der Waals surface area contributed by atoms with E-state index in [0.29, 0.717) is 0 Å². The van der Waals surface area contributed by atoms with Gasteiger partial charge in [-0.15, -0.1) is 0 Å². The molecular formula is C23H29. The Balaban J connectivity index is 2.18. The maximum atomic E-state index is 3.39. The third kappa shape index (κ3) is 2.73. The van der Waals surface area contributed by atoms with Gasteiger partial charge in [-0.2, -0.15) is 0 Å². The molecule has 0 aromatic heterocycles. The van der Waals surface area contributed by atoms with Gasteiger partial charge in [0.05, 0.1) is 0 Å². The number of aryl methyl sites for hydroxylation is 1. The highest BCUT2D eigenvalue weighted by molar-refractivity contribution is 5.70. The van der Waals surface area contributed by atoms with Gasteiger partial charge < -0.3 is 0 Å². The molecule has 3 rings (SSSR count). The van der Waals surface area contributed by atoms with Gasteiger partial charge in [-0.3, -0.25) is 0 Å². The summed E-state index contributed by atoms with van der Waals surface area (Å²) in [7, 11) is 0. The van der Waals surface area contributed by atoms with Crippen LogP contribution in [0.2, 0.25) is 0 Å². The normalized spacial score (nSPS) is 18.5. The van der Waals surface area contributed by atoms with E-state index in [-0.39, 0.29) is 10.8 Å². The van der Waals surface area contributed by atoms with Crippen LogP contribution in [0.25, 0.3) is 11.1 Å². The molecule has 23 heavy (non-hydrogen) atoms. The maximum Gasteiger partial charge on any atom is -0.0100 e. The van der Waals surface area contributed by atoms with Crippen LogP contribution in [0.3, 0.4) is 0 Å². The summed E-state index contributed by atoms with van der Waals surface area (Å²) < 4.78 is 0. The molecule has 0 saturated carbocycles. The molecule has 0 unspecified atom stereocenters. The highest BCUT2D eigenvalue weighted by Crippen LogP contribution is 2.46. The molecule has 1 radical (unpaired) electrons. The number of rotatable bonds is 2. The highest BCUT2D eigenvalue weighted by Gasteiger charge is 2.36. The molecule has 1 aliphatic carbocycles. The van der Waals surface area contributed by atoms with Crippen molar-refractivity contribution < 1.29 is 0 Å². The molecule has 2 aromatic carbocycles. The zero-order chi connectivity index (χ0) is 16.8. The SMILES string of the molecule is CCc1[c]ccc(-c2ccc3c(c2)C(C)(C)CCC3(C)C)c1C. The first-order chi connectivity index (χ1) is 10.8. The summed E-state index contributed by atoms with van der Waals surface area (Å²) in [6.07, 6.45) is 3.58. The standard InChI is InChI=1S/C23H29/c1-7-17-9-8-10-19(16(17)2)18-11-12-20-21(15-18)23(5,6)14-13-22(20,3)4/h8,10-12,15H,7,13-14H2,1-6H3. The Morgan fingerprint density at radius 2 is 1.61 bits per heavy atom. The molecule has 0 nitrogen and oxygen atoms in total. The first-order valence-electron chi connectivity index (χ1n) is 8.92. The Labute approximate surface area is 141 Å². The lowest BCUT2D eigenvalue weighted by atomic mass is 9.63. The predicted octanol–water partition coefficient (Wildman–Crippen LogP) is 6.37. The number of hydrogen-bond acceptors (Lipinski definition) is 0. The summed E-state index contributed by atoms with van der Waals surface area (Å²) in [5.41, 5.74) is 9.06. The van der Waals surface area contributed by atoms with E-state index >= 15 is 0 Å². The monoisotopic (exact) mass is 305 g/mol. The maximum absolute atomic E-state index is 3.39. The van der Waals surface area contributed by atoms with Gasteiger partial charge in [-0.1, -0.05) is 65.0 Å². The summed E-state index contributed by atoms with van der Waals surface area (Å²) in [5, 5.41) is 0. The van der Waals surface area contributed by atoms with E-state index in [9.17, 15) is 0 Å². The fourth-order valence-corrected chi connectivity index (χ4v) is 4.06. The van der Waals surface area contributed by atoms with Gasteiger partial charge in [0.2, 0.25) is 0 Å².